The molecule has 0 aromatic rings. The molecule has 0 amide bonds. The number of rotatable bonds is 4. The molecule has 0 aliphatic rings. The monoisotopic (exact) mass is 207 g/mol. The fourth-order valence-electron chi connectivity index (χ4n) is 0.176. The average Bonchev–Trinajstić information content (AvgIpc) is 1.58. The molecule has 0 aromatic carbocycles. The first-order valence-corrected chi connectivity index (χ1v) is 5.88. The van der Waals surface area contributed by atoms with E-state index in [4.69, 9.17) is 14.7 Å². The molecule has 3 unspecified atom stereocenters. The van der Waals surface area contributed by atoms with Gasteiger partial charge in [0.05, 0.1) is 0 Å². The Bertz CT molecular complexity index is 114. The van der Waals surface area contributed by atoms with Crippen molar-refractivity contribution in [1.82, 2.24) is 0 Å². The van der Waals surface area contributed by atoms with Crippen LogP contribution in [-0.2, 0) is 13.2 Å². The molecule has 3 N–H and O–H groups in total. The molecule has 0 aliphatic heterocycles. The third-order valence-corrected chi connectivity index (χ3v) is 2.95. The van der Waals surface area contributed by atoms with Gasteiger partial charge in [-0.05, 0) is 4.31 Å². The minimum atomic E-state index is -2.87. The van der Waals surface area contributed by atoms with Gasteiger partial charge in [-0.1, -0.05) is 0 Å². The van der Waals surface area contributed by atoms with E-state index in [-0.39, 0.29) is 0 Å². The van der Waals surface area contributed by atoms with E-state index < -0.39 is 25.2 Å². The van der Waals surface area contributed by atoms with Crippen LogP contribution in [0, 0.1) is 0 Å². The number of hydrogen-bond donors (Lipinski definition) is 3. The van der Waals surface area contributed by atoms with Gasteiger partial charge in [-0.25, -0.2) is 0 Å². The highest BCUT2D eigenvalue weighted by molar-refractivity contribution is 7.60. The number of hydrogen-bond acceptors (Lipinski definition) is 5. The molecule has 0 aliphatic carbocycles. The summed E-state index contributed by atoms with van der Waals surface area (Å²) in [4.78, 5) is 25.0. The van der Waals surface area contributed by atoms with Gasteiger partial charge in [-0.3, -0.25) is 4.31 Å². The topological polar surface area (TPSA) is 96.2 Å². The van der Waals surface area contributed by atoms with E-state index in [0.717, 1.165) is 0 Å². The van der Waals surface area contributed by atoms with Gasteiger partial charge in [0.15, 0.2) is 8.38 Å². The summed E-state index contributed by atoms with van der Waals surface area (Å²) in [5.74, 6) is 0. The van der Waals surface area contributed by atoms with Gasteiger partial charge < -0.3 is 9.79 Å². The zero-order valence-corrected chi connectivity index (χ0v) is 7.59. The van der Waals surface area contributed by atoms with Crippen molar-refractivity contribution >= 4 is 25.2 Å². The third kappa shape index (κ3) is 6.87. The van der Waals surface area contributed by atoms with Crippen molar-refractivity contribution in [2.45, 2.75) is 0 Å². The predicted octanol–water partition coefficient (Wildman–Crippen LogP) is 0.822. The SMILES string of the molecule is CP(O)OP(O)O[P+](=O)O. The Morgan fingerprint density at radius 3 is 2.30 bits per heavy atom. The maximum absolute atomic E-state index is 9.82. The van der Waals surface area contributed by atoms with E-state index in [1.54, 1.807) is 0 Å². The maximum atomic E-state index is 9.82. The molecule has 0 saturated carbocycles. The average molecular weight is 207 g/mol. The van der Waals surface area contributed by atoms with Crippen LogP contribution in [0.2, 0.25) is 0 Å². The van der Waals surface area contributed by atoms with E-state index in [1.165, 1.54) is 6.66 Å². The molecule has 9 heteroatoms. The van der Waals surface area contributed by atoms with E-state index in [0.29, 0.717) is 0 Å². The molecule has 6 nitrogen and oxygen atoms in total. The molecule has 0 fully saturated rings. The third-order valence-electron chi connectivity index (χ3n) is 0.328. The first-order valence-electron chi connectivity index (χ1n) is 1.96. The second-order valence-corrected chi connectivity index (χ2v) is 4.29. The van der Waals surface area contributed by atoms with Crippen molar-refractivity contribution in [1.29, 1.82) is 0 Å². The summed E-state index contributed by atoms with van der Waals surface area (Å²) in [7, 11) is -7.04. The van der Waals surface area contributed by atoms with Crippen LogP contribution in [-0.4, -0.2) is 21.3 Å². The van der Waals surface area contributed by atoms with Crippen LogP contribution in [0.1, 0.15) is 0 Å². The van der Waals surface area contributed by atoms with Gasteiger partial charge in [-0.2, -0.15) is 0 Å². The Morgan fingerprint density at radius 2 is 2.00 bits per heavy atom. The Balaban J connectivity index is 3.43. The molecular formula is CH6O6P3+. The predicted molar refractivity (Wildman–Crippen MR) is 36.2 cm³/mol. The van der Waals surface area contributed by atoms with E-state index in [1.807, 2.05) is 0 Å². The van der Waals surface area contributed by atoms with Crippen LogP contribution in [0.25, 0.3) is 0 Å². The van der Waals surface area contributed by atoms with E-state index in [2.05, 4.69) is 8.62 Å². The summed E-state index contributed by atoms with van der Waals surface area (Å²) in [5.41, 5.74) is 0. The highest BCUT2D eigenvalue weighted by Crippen LogP contribution is 2.51. The zero-order chi connectivity index (χ0) is 8.15. The lowest BCUT2D eigenvalue weighted by Crippen LogP contribution is -1.77. The van der Waals surface area contributed by atoms with Crippen LogP contribution in [0.15, 0.2) is 0 Å². The van der Waals surface area contributed by atoms with Gasteiger partial charge in [0.1, 0.15) is 0 Å². The highest BCUT2D eigenvalue weighted by Gasteiger charge is 2.24. The summed E-state index contributed by atoms with van der Waals surface area (Å²) >= 11 is 0. The molecule has 60 valence electrons. The van der Waals surface area contributed by atoms with Gasteiger partial charge in [0.25, 0.3) is 0 Å². The fraction of sp³-hybridized carbons (Fsp3) is 1.00. The van der Waals surface area contributed by atoms with Crippen molar-refractivity contribution in [3.8, 4) is 0 Å². The summed E-state index contributed by atoms with van der Waals surface area (Å²) < 4.78 is 17.9. The molecular weight excluding hydrogens is 201 g/mol. The molecule has 0 spiro atoms. The summed E-state index contributed by atoms with van der Waals surface area (Å²) in [6, 6.07) is 0. The molecule has 3 atom stereocenters. The quantitative estimate of drug-likeness (QED) is 0.590. The summed E-state index contributed by atoms with van der Waals surface area (Å²) in [6.07, 6.45) is 0. The van der Waals surface area contributed by atoms with Crippen LogP contribution in [0.5, 0.6) is 0 Å². The minimum Gasteiger partial charge on any atom is -0.350 e. The smallest absolute Gasteiger partial charge is 0.350 e. The van der Waals surface area contributed by atoms with Crippen molar-refractivity contribution in [3.63, 3.8) is 0 Å². The first kappa shape index (κ1) is 10.8. The van der Waals surface area contributed by atoms with Gasteiger partial charge in [-0.15, -0.1) is 4.89 Å². The van der Waals surface area contributed by atoms with Crippen molar-refractivity contribution in [2.75, 3.05) is 6.66 Å². The van der Waals surface area contributed by atoms with E-state index in [9.17, 15) is 4.57 Å². The van der Waals surface area contributed by atoms with E-state index >= 15 is 0 Å². The fourth-order valence-corrected chi connectivity index (χ4v) is 1.85. The van der Waals surface area contributed by atoms with Crippen LogP contribution in [0.3, 0.4) is 0 Å². The highest BCUT2D eigenvalue weighted by atomic mass is 31.3. The molecule has 0 heterocycles. The lowest BCUT2D eigenvalue weighted by atomic mass is 12.0. The van der Waals surface area contributed by atoms with Crippen LogP contribution < -0.4 is 0 Å². The Labute approximate surface area is 60.7 Å². The zero-order valence-electron chi connectivity index (χ0n) is 4.91. The largest absolute Gasteiger partial charge is 0.702 e. The van der Waals surface area contributed by atoms with Crippen molar-refractivity contribution in [3.05, 3.63) is 0 Å². The van der Waals surface area contributed by atoms with Crippen molar-refractivity contribution in [2.24, 2.45) is 0 Å². The molecule has 10 heavy (non-hydrogen) atoms. The lowest BCUT2D eigenvalue weighted by Gasteiger charge is -2.02. The summed E-state index contributed by atoms with van der Waals surface area (Å²) in [6.45, 7) is 1.30. The Kier molecular flexibility index (Phi) is 5.83. The molecule has 0 saturated heterocycles. The molecule has 0 rings (SSSR count). The molecule has 0 aromatic heterocycles. The molecule has 0 radical (unpaired) electrons. The standard InChI is InChI=1S/CH5O6P3/c1-8(2)6-10(5)7-9(3)4/h2,5H,1H3/p+1. The van der Waals surface area contributed by atoms with Crippen LogP contribution >= 0.6 is 25.2 Å². The van der Waals surface area contributed by atoms with Gasteiger partial charge in [0, 0.05) is 11.2 Å². The maximum Gasteiger partial charge on any atom is 0.702 e. The Hall–Kier alpha value is 0.760. The second-order valence-electron chi connectivity index (χ2n) is 1.10. The lowest BCUT2D eigenvalue weighted by molar-refractivity contribution is 0.349. The van der Waals surface area contributed by atoms with Gasteiger partial charge >= 0.3 is 16.9 Å². The normalized spacial score (nSPS) is 18.2. The molecule has 0 bridgehead atoms. The summed E-state index contributed by atoms with van der Waals surface area (Å²) in [5, 5.41) is 0. The first-order chi connectivity index (χ1) is 4.52. The van der Waals surface area contributed by atoms with Crippen molar-refractivity contribution < 1.29 is 27.9 Å². The minimum absolute atomic E-state index is 1.30. The Morgan fingerprint density at radius 1 is 1.50 bits per heavy atom. The van der Waals surface area contributed by atoms with Gasteiger partial charge in [0.2, 0.25) is 0 Å². The van der Waals surface area contributed by atoms with Crippen LogP contribution in [0.4, 0.5) is 0 Å². The second kappa shape index (κ2) is 5.42.